The van der Waals surface area contributed by atoms with Crippen LogP contribution >= 0.6 is 0 Å². The Morgan fingerprint density at radius 1 is 1.38 bits per heavy atom. The molecule has 2 rings (SSSR count). The molecule has 21 heavy (non-hydrogen) atoms. The fraction of sp³-hybridized carbons (Fsp3) is 0.467. The van der Waals surface area contributed by atoms with E-state index in [0.717, 1.165) is 6.42 Å². The zero-order valence-corrected chi connectivity index (χ0v) is 12.6. The number of aryl methyl sites for hydroxylation is 1. The first kappa shape index (κ1) is 15.2. The highest BCUT2D eigenvalue weighted by molar-refractivity contribution is 5.93. The lowest BCUT2D eigenvalue weighted by Crippen LogP contribution is -2.10. The Morgan fingerprint density at radius 2 is 2.19 bits per heavy atom. The van der Waals surface area contributed by atoms with Crippen LogP contribution in [0.2, 0.25) is 0 Å². The molecule has 0 radical (unpaired) electrons. The van der Waals surface area contributed by atoms with Gasteiger partial charge in [-0.25, -0.2) is 9.48 Å². The third-order valence-electron chi connectivity index (χ3n) is 3.03. The van der Waals surface area contributed by atoms with Crippen molar-refractivity contribution in [3.05, 3.63) is 30.1 Å². The van der Waals surface area contributed by atoms with Gasteiger partial charge >= 0.3 is 5.97 Å². The van der Waals surface area contributed by atoms with Crippen LogP contribution in [-0.2, 0) is 11.3 Å². The van der Waals surface area contributed by atoms with E-state index in [-0.39, 0.29) is 5.69 Å². The average Bonchev–Trinajstić information content (AvgIpc) is 2.90. The highest BCUT2D eigenvalue weighted by Gasteiger charge is 2.23. The van der Waals surface area contributed by atoms with Crippen LogP contribution in [0.5, 0.6) is 0 Å². The van der Waals surface area contributed by atoms with Crippen molar-refractivity contribution in [2.45, 2.75) is 33.7 Å². The second-order valence-corrected chi connectivity index (χ2v) is 5.13. The summed E-state index contributed by atoms with van der Waals surface area (Å²) in [4.78, 5) is 16.3. The van der Waals surface area contributed by atoms with Crippen molar-refractivity contribution in [3.8, 4) is 11.4 Å². The highest BCUT2D eigenvalue weighted by atomic mass is 16.5. The van der Waals surface area contributed by atoms with Crippen LogP contribution in [0.4, 0.5) is 0 Å². The lowest BCUT2D eigenvalue weighted by atomic mass is 10.1. The average molecular weight is 288 g/mol. The fourth-order valence-corrected chi connectivity index (χ4v) is 1.94. The van der Waals surface area contributed by atoms with E-state index >= 15 is 0 Å². The number of carbonyl (C=O) groups is 1. The van der Waals surface area contributed by atoms with E-state index in [4.69, 9.17) is 4.74 Å². The topological polar surface area (TPSA) is 69.9 Å². The molecule has 0 bridgehead atoms. The Balaban J connectivity index is 2.40. The minimum absolute atomic E-state index is 0.222. The Morgan fingerprint density at radius 3 is 2.81 bits per heavy atom. The van der Waals surface area contributed by atoms with Gasteiger partial charge in [-0.15, -0.1) is 5.10 Å². The van der Waals surface area contributed by atoms with Gasteiger partial charge < -0.3 is 4.74 Å². The highest BCUT2D eigenvalue weighted by Crippen LogP contribution is 2.21. The monoisotopic (exact) mass is 288 g/mol. The lowest BCUT2D eigenvalue weighted by molar-refractivity contribution is 0.0520. The lowest BCUT2D eigenvalue weighted by Gasteiger charge is -2.08. The predicted molar refractivity (Wildman–Crippen MR) is 78.7 cm³/mol. The molecule has 0 saturated carbocycles. The summed E-state index contributed by atoms with van der Waals surface area (Å²) in [5.41, 5.74) is 1.52. The SMILES string of the molecule is CCOC(=O)c1nnn(CCC(C)C)c1-c1ccccn1. The zero-order valence-electron chi connectivity index (χ0n) is 12.6. The van der Waals surface area contributed by atoms with Gasteiger partial charge in [0.05, 0.1) is 12.3 Å². The summed E-state index contributed by atoms with van der Waals surface area (Å²) in [5, 5.41) is 8.08. The molecular weight excluding hydrogens is 268 g/mol. The van der Waals surface area contributed by atoms with Crippen LogP contribution in [0.1, 0.15) is 37.7 Å². The minimum atomic E-state index is -0.464. The van der Waals surface area contributed by atoms with E-state index < -0.39 is 5.97 Å². The molecule has 0 spiro atoms. The van der Waals surface area contributed by atoms with Gasteiger partial charge in [0.2, 0.25) is 0 Å². The number of nitrogens with zero attached hydrogens (tertiary/aromatic N) is 4. The number of pyridine rings is 1. The molecule has 0 aliphatic heterocycles. The van der Waals surface area contributed by atoms with Gasteiger partial charge in [-0.05, 0) is 31.4 Å². The second kappa shape index (κ2) is 6.97. The molecule has 2 aromatic rings. The van der Waals surface area contributed by atoms with Crippen molar-refractivity contribution in [2.24, 2.45) is 5.92 Å². The summed E-state index contributed by atoms with van der Waals surface area (Å²) in [5.74, 6) is 0.0748. The molecule has 0 aliphatic carbocycles. The van der Waals surface area contributed by atoms with Crippen molar-refractivity contribution >= 4 is 5.97 Å². The van der Waals surface area contributed by atoms with Crippen molar-refractivity contribution in [2.75, 3.05) is 6.61 Å². The van der Waals surface area contributed by atoms with E-state index in [1.54, 1.807) is 17.8 Å². The van der Waals surface area contributed by atoms with Gasteiger partial charge in [-0.2, -0.15) is 0 Å². The molecule has 0 amide bonds. The summed E-state index contributed by atoms with van der Waals surface area (Å²) in [6.07, 6.45) is 2.63. The summed E-state index contributed by atoms with van der Waals surface area (Å²) in [6.45, 7) is 7.05. The molecule has 0 fully saturated rings. The van der Waals surface area contributed by atoms with E-state index in [2.05, 4.69) is 29.1 Å². The first-order valence-electron chi connectivity index (χ1n) is 7.15. The van der Waals surface area contributed by atoms with Crippen LogP contribution in [0.3, 0.4) is 0 Å². The summed E-state index contributed by atoms with van der Waals surface area (Å²) >= 11 is 0. The standard InChI is InChI=1S/C15H20N4O2/c1-4-21-15(20)13-14(12-7-5-6-9-16-12)19(18-17-13)10-8-11(2)3/h5-7,9,11H,4,8,10H2,1-3H3. The Kier molecular flexibility index (Phi) is 5.03. The molecule has 0 saturated heterocycles. The smallest absolute Gasteiger partial charge is 0.361 e. The summed E-state index contributed by atoms with van der Waals surface area (Å²) in [7, 11) is 0. The third kappa shape index (κ3) is 3.65. The number of carbonyl (C=O) groups excluding carboxylic acids is 1. The van der Waals surface area contributed by atoms with Crippen LogP contribution in [0.15, 0.2) is 24.4 Å². The van der Waals surface area contributed by atoms with E-state index in [1.165, 1.54) is 0 Å². The summed E-state index contributed by atoms with van der Waals surface area (Å²) < 4.78 is 6.78. The molecule has 0 aromatic carbocycles. The molecular formula is C15H20N4O2. The Labute approximate surface area is 124 Å². The predicted octanol–water partition coefficient (Wildman–Crippen LogP) is 2.56. The molecule has 112 valence electrons. The number of hydrogen-bond donors (Lipinski definition) is 0. The maximum Gasteiger partial charge on any atom is 0.361 e. The van der Waals surface area contributed by atoms with Crippen LogP contribution in [0, 0.1) is 5.92 Å². The molecule has 2 aromatic heterocycles. The van der Waals surface area contributed by atoms with Gasteiger partial charge in [-0.1, -0.05) is 25.1 Å². The fourth-order valence-electron chi connectivity index (χ4n) is 1.94. The van der Waals surface area contributed by atoms with Crippen molar-refractivity contribution in [1.82, 2.24) is 20.0 Å². The van der Waals surface area contributed by atoms with Crippen molar-refractivity contribution in [3.63, 3.8) is 0 Å². The Bertz CT molecular complexity index is 593. The number of ether oxygens (including phenoxy) is 1. The maximum atomic E-state index is 12.0. The molecule has 0 N–H and O–H groups in total. The first-order valence-corrected chi connectivity index (χ1v) is 7.15. The zero-order chi connectivity index (χ0) is 15.2. The molecule has 0 aliphatic rings. The van der Waals surface area contributed by atoms with Crippen molar-refractivity contribution in [1.29, 1.82) is 0 Å². The quantitative estimate of drug-likeness (QED) is 0.764. The largest absolute Gasteiger partial charge is 0.461 e. The Hall–Kier alpha value is -2.24. The number of hydrogen-bond acceptors (Lipinski definition) is 5. The molecule has 2 heterocycles. The minimum Gasteiger partial charge on any atom is -0.461 e. The summed E-state index contributed by atoms with van der Waals surface area (Å²) in [6, 6.07) is 5.54. The molecule has 6 heteroatoms. The number of rotatable bonds is 6. The van der Waals surface area contributed by atoms with E-state index in [1.807, 2.05) is 18.2 Å². The number of aromatic nitrogens is 4. The van der Waals surface area contributed by atoms with Gasteiger partial charge in [0.15, 0.2) is 5.69 Å². The van der Waals surface area contributed by atoms with E-state index in [0.29, 0.717) is 30.5 Å². The van der Waals surface area contributed by atoms with Crippen LogP contribution in [-0.4, -0.2) is 32.6 Å². The van der Waals surface area contributed by atoms with Crippen LogP contribution < -0.4 is 0 Å². The molecule has 0 atom stereocenters. The third-order valence-corrected chi connectivity index (χ3v) is 3.03. The maximum absolute atomic E-state index is 12.0. The van der Waals surface area contributed by atoms with Gasteiger partial charge in [0.25, 0.3) is 0 Å². The van der Waals surface area contributed by atoms with Crippen molar-refractivity contribution < 1.29 is 9.53 Å². The number of esters is 1. The molecule has 6 nitrogen and oxygen atoms in total. The van der Waals surface area contributed by atoms with Gasteiger partial charge in [-0.3, -0.25) is 4.98 Å². The normalized spacial score (nSPS) is 10.9. The second-order valence-electron chi connectivity index (χ2n) is 5.13. The van der Waals surface area contributed by atoms with Gasteiger partial charge in [0.1, 0.15) is 5.69 Å². The first-order chi connectivity index (χ1) is 10.1. The van der Waals surface area contributed by atoms with E-state index in [9.17, 15) is 4.79 Å². The van der Waals surface area contributed by atoms with Crippen LogP contribution in [0.25, 0.3) is 11.4 Å². The molecule has 0 unspecified atom stereocenters. The van der Waals surface area contributed by atoms with Gasteiger partial charge in [0, 0.05) is 12.7 Å².